The van der Waals surface area contributed by atoms with E-state index in [0.717, 1.165) is 5.56 Å². The van der Waals surface area contributed by atoms with E-state index in [9.17, 15) is 9.59 Å². The van der Waals surface area contributed by atoms with Crippen LogP contribution in [0, 0.1) is 0 Å². The first-order chi connectivity index (χ1) is 16.5. The van der Waals surface area contributed by atoms with Gasteiger partial charge in [-0.15, -0.1) is 0 Å². The molecule has 0 atom stereocenters. The molecule has 0 aliphatic heterocycles. The molecule has 0 aliphatic rings. The minimum Gasteiger partial charge on any atom is -0.493 e. The zero-order valence-corrected chi connectivity index (χ0v) is 19.0. The molecule has 3 aromatic carbocycles. The maximum absolute atomic E-state index is 13.2. The Labute approximate surface area is 196 Å². The van der Waals surface area contributed by atoms with Crippen molar-refractivity contribution in [2.45, 2.75) is 6.54 Å². The number of methoxy groups -OCH3 is 3. The fourth-order valence-corrected chi connectivity index (χ4v) is 3.63. The van der Waals surface area contributed by atoms with Crippen molar-refractivity contribution in [2.75, 3.05) is 32.0 Å². The van der Waals surface area contributed by atoms with Crippen molar-refractivity contribution in [1.82, 2.24) is 0 Å². The molecule has 4 rings (SSSR count). The number of carbonyl (C=O) groups is 1. The number of hydrogen-bond acceptors (Lipinski definition) is 7. The summed E-state index contributed by atoms with van der Waals surface area (Å²) in [7, 11) is 4.40. The summed E-state index contributed by atoms with van der Waals surface area (Å²) in [5.41, 5.74) is 1.45. The van der Waals surface area contributed by atoms with Crippen molar-refractivity contribution in [1.29, 1.82) is 0 Å². The molecule has 1 aromatic heterocycles. The van der Waals surface area contributed by atoms with Crippen LogP contribution in [0.25, 0.3) is 11.0 Å². The molecule has 0 spiro atoms. The van der Waals surface area contributed by atoms with E-state index in [1.165, 1.54) is 33.5 Å². The van der Waals surface area contributed by atoms with Gasteiger partial charge in [0, 0.05) is 17.5 Å². The second-order valence-corrected chi connectivity index (χ2v) is 7.34. The molecule has 4 aromatic rings. The number of carbonyl (C=O) groups excluding carboxylic acids is 1. The lowest BCUT2D eigenvalue weighted by Crippen LogP contribution is -2.20. The van der Waals surface area contributed by atoms with Gasteiger partial charge in [0.2, 0.25) is 5.75 Å². The van der Waals surface area contributed by atoms with Crippen molar-refractivity contribution in [3.8, 4) is 17.2 Å². The van der Waals surface area contributed by atoms with Gasteiger partial charge in [0.05, 0.1) is 27.0 Å². The van der Waals surface area contributed by atoms with Gasteiger partial charge in [-0.05, 0) is 29.8 Å². The number of anilines is 2. The van der Waals surface area contributed by atoms with Crippen LogP contribution in [0.3, 0.4) is 0 Å². The molecule has 174 valence electrons. The fraction of sp³-hybridized carbons (Fsp3) is 0.154. The van der Waals surface area contributed by atoms with Gasteiger partial charge < -0.3 is 29.3 Å². The quantitative estimate of drug-likeness (QED) is 0.368. The normalized spacial score (nSPS) is 10.6. The summed E-state index contributed by atoms with van der Waals surface area (Å²) in [6.07, 6.45) is 0. The van der Waals surface area contributed by atoms with E-state index in [4.69, 9.17) is 18.6 Å². The van der Waals surface area contributed by atoms with Crippen LogP contribution in [0.2, 0.25) is 0 Å². The van der Waals surface area contributed by atoms with Gasteiger partial charge in [-0.2, -0.15) is 0 Å². The Bertz CT molecular complexity index is 1360. The average molecular weight is 460 g/mol. The van der Waals surface area contributed by atoms with Gasteiger partial charge in [-0.25, -0.2) is 4.79 Å². The molecule has 8 nitrogen and oxygen atoms in total. The number of hydrogen-bond donors (Lipinski definition) is 2. The molecule has 2 N–H and O–H groups in total. The van der Waals surface area contributed by atoms with Crippen molar-refractivity contribution >= 4 is 28.3 Å². The summed E-state index contributed by atoms with van der Waals surface area (Å²) >= 11 is 0. The largest absolute Gasteiger partial charge is 0.493 e. The van der Waals surface area contributed by atoms with E-state index < -0.39 is 11.5 Å². The Morgan fingerprint density at radius 2 is 1.50 bits per heavy atom. The van der Waals surface area contributed by atoms with E-state index in [0.29, 0.717) is 40.4 Å². The minimum atomic E-state index is -0.671. The van der Waals surface area contributed by atoms with Crippen LogP contribution in [-0.2, 0) is 6.54 Å². The Balaban J connectivity index is 1.75. The molecule has 1 heterocycles. The van der Waals surface area contributed by atoms with Crippen LogP contribution in [0.15, 0.2) is 75.9 Å². The first-order valence-electron chi connectivity index (χ1n) is 10.5. The third-order valence-corrected chi connectivity index (χ3v) is 5.29. The van der Waals surface area contributed by atoms with Crippen molar-refractivity contribution in [3.05, 3.63) is 88.3 Å². The highest BCUT2D eigenvalue weighted by molar-refractivity contribution is 6.09. The first-order valence-corrected chi connectivity index (χ1v) is 10.5. The zero-order chi connectivity index (χ0) is 24.1. The molecule has 0 unspecified atom stereocenters. The number of amides is 1. The van der Waals surface area contributed by atoms with Crippen molar-refractivity contribution in [3.63, 3.8) is 0 Å². The Morgan fingerprint density at radius 3 is 2.15 bits per heavy atom. The minimum absolute atomic E-state index is 0.00776. The summed E-state index contributed by atoms with van der Waals surface area (Å²) in [4.78, 5) is 26.1. The Kier molecular flexibility index (Phi) is 6.68. The molecular weight excluding hydrogens is 436 g/mol. The number of fused-ring (bicyclic) bond motifs is 1. The van der Waals surface area contributed by atoms with Crippen LogP contribution in [0.1, 0.15) is 15.9 Å². The third-order valence-electron chi connectivity index (χ3n) is 5.29. The average Bonchev–Trinajstić information content (AvgIpc) is 2.88. The summed E-state index contributed by atoms with van der Waals surface area (Å²) in [6, 6.07) is 19.9. The lowest BCUT2D eigenvalue weighted by molar-refractivity contribution is 0.102. The van der Waals surface area contributed by atoms with Crippen molar-refractivity contribution < 1.29 is 23.4 Å². The molecule has 0 radical (unpaired) electrons. The Hall–Kier alpha value is -4.46. The van der Waals surface area contributed by atoms with Gasteiger partial charge in [-0.3, -0.25) is 4.79 Å². The summed E-state index contributed by atoms with van der Waals surface area (Å²) in [5.74, 6) is 0.460. The molecule has 0 saturated carbocycles. The summed E-state index contributed by atoms with van der Waals surface area (Å²) in [5, 5.41) is 6.66. The zero-order valence-electron chi connectivity index (χ0n) is 19.0. The number of ether oxygens (including phenoxy) is 3. The molecule has 0 saturated heterocycles. The lowest BCUT2D eigenvalue weighted by Gasteiger charge is -2.16. The highest BCUT2D eigenvalue weighted by atomic mass is 16.5. The van der Waals surface area contributed by atoms with E-state index in [1.807, 2.05) is 42.5 Å². The second-order valence-electron chi connectivity index (χ2n) is 7.34. The van der Waals surface area contributed by atoms with Crippen LogP contribution in [0.4, 0.5) is 11.4 Å². The number of nitrogens with one attached hydrogen (secondary N) is 2. The highest BCUT2D eigenvalue weighted by Gasteiger charge is 2.21. The fourth-order valence-electron chi connectivity index (χ4n) is 3.63. The molecule has 34 heavy (non-hydrogen) atoms. The molecule has 1 amide bonds. The van der Waals surface area contributed by atoms with Crippen LogP contribution < -0.4 is 30.5 Å². The Morgan fingerprint density at radius 1 is 0.853 bits per heavy atom. The van der Waals surface area contributed by atoms with Gasteiger partial charge in [0.15, 0.2) is 17.2 Å². The van der Waals surface area contributed by atoms with Crippen LogP contribution in [-0.4, -0.2) is 27.2 Å². The predicted octanol–water partition coefficient (Wildman–Crippen LogP) is 4.68. The van der Waals surface area contributed by atoms with Crippen LogP contribution in [0.5, 0.6) is 17.2 Å². The second kappa shape index (κ2) is 9.99. The lowest BCUT2D eigenvalue weighted by atomic mass is 10.1. The molecule has 0 bridgehead atoms. The highest BCUT2D eigenvalue weighted by Crippen LogP contribution is 2.38. The first kappa shape index (κ1) is 22.7. The van der Waals surface area contributed by atoms with E-state index in [-0.39, 0.29) is 11.3 Å². The number of para-hydroxylation sites is 1. The molecule has 0 fully saturated rings. The maximum Gasteiger partial charge on any atom is 0.362 e. The molecule has 8 heteroatoms. The number of rotatable bonds is 8. The monoisotopic (exact) mass is 460 g/mol. The SMILES string of the molecule is COc1cc(C(=O)Nc2c(NCc3ccccc3)c3ccccc3oc2=O)cc(OC)c1OC. The standard InChI is InChI=1S/C26H24N2O6/c1-31-20-13-17(14-21(32-2)24(20)33-3)25(29)28-23-22(27-15-16-9-5-4-6-10-16)18-11-7-8-12-19(18)34-26(23)30/h4-14,27H,15H2,1-3H3,(H,28,29). The van der Waals surface area contributed by atoms with Gasteiger partial charge in [0.25, 0.3) is 5.91 Å². The maximum atomic E-state index is 13.2. The van der Waals surface area contributed by atoms with E-state index in [2.05, 4.69) is 10.6 Å². The van der Waals surface area contributed by atoms with Gasteiger partial charge in [-0.1, -0.05) is 42.5 Å². The summed E-state index contributed by atoms with van der Waals surface area (Å²) < 4.78 is 21.5. The van der Waals surface area contributed by atoms with Gasteiger partial charge >= 0.3 is 5.63 Å². The van der Waals surface area contributed by atoms with Crippen LogP contribution >= 0.6 is 0 Å². The van der Waals surface area contributed by atoms with E-state index >= 15 is 0 Å². The van der Waals surface area contributed by atoms with Crippen molar-refractivity contribution in [2.24, 2.45) is 0 Å². The van der Waals surface area contributed by atoms with E-state index in [1.54, 1.807) is 12.1 Å². The van der Waals surface area contributed by atoms with Gasteiger partial charge in [0.1, 0.15) is 5.58 Å². The molecule has 0 aliphatic carbocycles. The smallest absolute Gasteiger partial charge is 0.362 e. The number of benzene rings is 3. The summed E-state index contributed by atoms with van der Waals surface area (Å²) in [6.45, 7) is 0.446. The third kappa shape index (κ3) is 4.52. The topological polar surface area (TPSA) is 99.0 Å². The predicted molar refractivity (Wildman–Crippen MR) is 130 cm³/mol. The molecular formula is C26H24N2O6.